The lowest BCUT2D eigenvalue weighted by molar-refractivity contribution is 0.0936. The Balaban J connectivity index is 2.79. The highest BCUT2D eigenvalue weighted by atomic mass is 79.9. The molecule has 1 unspecified atom stereocenters. The quantitative estimate of drug-likeness (QED) is 0.845. The number of terminal acetylenes is 1. The van der Waals surface area contributed by atoms with Crippen LogP contribution >= 0.6 is 27.5 Å². The third kappa shape index (κ3) is 4.07. The first-order valence-corrected chi connectivity index (χ1v) is 6.45. The fourth-order valence-corrected chi connectivity index (χ4v) is 2.24. The third-order valence-corrected chi connectivity index (χ3v) is 3.26. The summed E-state index contributed by atoms with van der Waals surface area (Å²) in [6, 6.07) is 5.07. The lowest BCUT2D eigenvalue weighted by Crippen LogP contribution is -2.34. The highest BCUT2D eigenvalue weighted by Gasteiger charge is 2.13. The number of hydrogen-bond acceptors (Lipinski definition) is 1. The maximum absolute atomic E-state index is 12.0. The van der Waals surface area contributed by atoms with Gasteiger partial charge in [0.05, 0.1) is 5.56 Å². The fourth-order valence-electron chi connectivity index (χ4n) is 1.38. The van der Waals surface area contributed by atoms with Gasteiger partial charge in [0, 0.05) is 22.0 Å². The Kier molecular flexibility index (Phi) is 5.54. The van der Waals surface area contributed by atoms with Crippen molar-refractivity contribution in [3.63, 3.8) is 0 Å². The lowest BCUT2D eigenvalue weighted by atomic mass is 10.1. The smallest absolute Gasteiger partial charge is 0.252 e. The average molecular weight is 315 g/mol. The average Bonchev–Trinajstić information content (AvgIpc) is 2.28. The van der Waals surface area contributed by atoms with Crippen molar-refractivity contribution in [1.29, 1.82) is 0 Å². The van der Waals surface area contributed by atoms with E-state index in [1.807, 2.05) is 6.92 Å². The van der Waals surface area contributed by atoms with Gasteiger partial charge in [-0.15, -0.1) is 12.3 Å². The van der Waals surface area contributed by atoms with Crippen molar-refractivity contribution < 1.29 is 4.79 Å². The zero-order chi connectivity index (χ0) is 12.8. The van der Waals surface area contributed by atoms with Crippen LogP contribution in [0.3, 0.4) is 0 Å². The molecule has 0 aliphatic heterocycles. The predicted molar refractivity (Wildman–Crippen MR) is 74.1 cm³/mol. The van der Waals surface area contributed by atoms with Crippen molar-refractivity contribution in [2.24, 2.45) is 0 Å². The molecular formula is C13H13BrClNO. The topological polar surface area (TPSA) is 29.1 Å². The van der Waals surface area contributed by atoms with Crippen LogP contribution in [0.25, 0.3) is 0 Å². The highest BCUT2D eigenvalue weighted by molar-refractivity contribution is 9.10. The number of nitrogens with one attached hydrogen (secondary N) is 1. The van der Waals surface area contributed by atoms with Crippen LogP contribution in [0.2, 0.25) is 5.02 Å². The van der Waals surface area contributed by atoms with Crippen LogP contribution in [0, 0.1) is 12.3 Å². The fraction of sp³-hybridized carbons (Fsp3) is 0.308. The summed E-state index contributed by atoms with van der Waals surface area (Å²) in [6.07, 6.45) is 6.58. The lowest BCUT2D eigenvalue weighted by Gasteiger charge is -2.14. The Hall–Kier alpha value is -0.980. The van der Waals surface area contributed by atoms with E-state index in [2.05, 4.69) is 27.2 Å². The first kappa shape index (κ1) is 14.1. The second kappa shape index (κ2) is 6.68. The number of carbonyl (C=O) groups excluding carboxylic acids is 1. The van der Waals surface area contributed by atoms with Gasteiger partial charge in [-0.05, 0) is 40.5 Å². The molecule has 1 amide bonds. The Morgan fingerprint density at radius 1 is 1.65 bits per heavy atom. The zero-order valence-corrected chi connectivity index (χ0v) is 11.8. The summed E-state index contributed by atoms with van der Waals surface area (Å²) in [7, 11) is 0. The molecule has 0 saturated heterocycles. The molecule has 4 heteroatoms. The third-order valence-electron chi connectivity index (χ3n) is 2.37. The van der Waals surface area contributed by atoms with Crippen LogP contribution in [0.1, 0.15) is 30.1 Å². The minimum Gasteiger partial charge on any atom is -0.348 e. The van der Waals surface area contributed by atoms with Gasteiger partial charge in [-0.1, -0.05) is 18.5 Å². The highest BCUT2D eigenvalue weighted by Crippen LogP contribution is 2.21. The van der Waals surface area contributed by atoms with Gasteiger partial charge in [-0.3, -0.25) is 4.79 Å². The van der Waals surface area contributed by atoms with Gasteiger partial charge in [0.25, 0.3) is 5.91 Å². The molecular weight excluding hydrogens is 302 g/mol. The van der Waals surface area contributed by atoms with E-state index in [4.69, 9.17) is 18.0 Å². The van der Waals surface area contributed by atoms with Crippen LogP contribution in [0.15, 0.2) is 22.7 Å². The van der Waals surface area contributed by atoms with E-state index in [0.717, 1.165) is 6.42 Å². The molecule has 0 saturated carbocycles. The molecule has 0 bridgehead atoms. The molecule has 2 nitrogen and oxygen atoms in total. The molecule has 0 aliphatic rings. The SMILES string of the molecule is C#CCC(CC)NC(=O)c1ccc(Cl)cc1Br. The van der Waals surface area contributed by atoms with Crippen molar-refractivity contribution >= 4 is 33.4 Å². The number of halogens is 2. The maximum atomic E-state index is 12.0. The minimum absolute atomic E-state index is 0.00933. The van der Waals surface area contributed by atoms with Crippen LogP contribution in [0.4, 0.5) is 0 Å². The molecule has 90 valence electrons. The number of hydrogen-bond donors (Lipinski definition) is 1. The standard InChI is InChI=1S/C13H13BrClNO/c1-3-5-10(4-2)16-13(17)11-7-6-9(15)8-12(11)14/h1,6-8,10H,4-5H2,2H3,(H,16,17). The van der Waals surface area contributed by atoms with Gasteiger partial charge in [0.15, 0.2) is 0 Å². The van der Waals surface area contributed by atoms with Gasteiger partial charge < -0.3 is 5.32 Å². The second-order valence-corrected chi connectivity index (χ2v) is 4.90. The summed E-state index contributed by atoms with van der Waals surface area (Å²) < 4.78 is 0.679. The summed E-state index contributed by atoms with van der Waals surface area (Å²) >= 11 is 9.13. The normalized spacial score (nSPS) is 11.6. The van der Waals surface area contributed by atoms with Gasteiger partial charge in [-0.2, -0.15) is 0 Å². The molecule has 17 heavy (non-hydrogen) atoms. The van der Waals surface area contributed by atoms with Crippen LogP contribution < -0.4 is 5.32 Å². The van der Waals surface area contributed by atoms with E-state index < -0.39 is 0 Å². The summed E-state index contributed by atoms with van der Waals surface area (Å²) in [5.74, 6) is 2.41. The van der Waals surface area contributed by atoms with Gasteiger partial charge in [0.1, 0.15) is 0 Å². The summed E-state index contributed by atoms with van der Waals surface area (Å²) in [6.45, 7) is 1.99. The van der Waals surface area contributed by atoms with E-state index in [1.165, 1.54) is 0 Å². The molecule has 0 aromatic heterocycles. The van der Waals surface area contributed by atoms with E-state index in [-0.39, 0.29) is 11.9 Å². The Labute approximate surface area is 115 Å². The van der Waals surface area contributed by atoms with Crippen LogP contribution in [-0.4, -0.2) is 11.9 Å². The largest absolute Gasteiger partial charge is 0.348 e. The van der Waals surface area contributed by atoms with Gasteiger partial charge in [-0.25, -0.2) is 0 Å². The number of rotatable bonds is 4. The Morgan fingerprint density at radius 3 is 2.88 bits per heavy atom. The Bertz CT molecular complexity index is 453. The van der Waals surface area contributed by atoms with E-state index >= 15 is 0 Å². The summed E-state index contributed by atoms with van der Waals surface area (Å²) in [5.41, 5.74) is 0.560. The van der Waals surface area contributed by atoms with E-state index in [9.17, 15) is 4.79 Å². The van der Waals surface area contributed by atoms with Crippen molar-refractivity contribution in [3.8, 4) is 12.3 Å². The van der Waals surface area contributed by atoms with Crippen molar-refractivity contribution in [3.05, 3.63) is 33.3 Å². The van der Waals surface area contributed by atoms with Crippen LogP contribution in [-0.2, 0) is 0 Å². The van der Waals surface area contributed by atoms with Gasteiger partial charge in [0.2, 0.25) is 0 Å². The van der Waals surface area contributed by atoms with Crippen LogP contribution in [0.5, 0.6) is 0 Å². The minimum atomic E-state index is -0.143. The predicted octanol–water partition coefficient (Wildman–Crippen LogP) is 3.63. The molecule has 0 spiro atoms. The first-order valence-electron chi connectivity index (χ1n) is 5.27. The second-order valence-electron chi connectivity index (χ2n) is 3.61. The number of benzene rings is 1. The maximum Gasteiger partial charge on any atom is 0.252 e. The van der Waals surface area contributed by atoms with Crippen molar-refractivity contribution in [2.45, 2.75) is 25.8 Å². The van der Waals surface area contributed by atoms with E-state index in [1.54, 1.807) is 18.2 Å². The Morgan fingerprint density at radius 2 is 2.35 bits per heavy atom. The van der Waals surface area contributed by atoms with Crippen molar-refractivity contribution in [1.82, 2.24) is 5.32 Å². The molecule has 1 atom stereocenters. The molecule has 0 fully saturated rings. The summed E-state index contributed by atoms with van der Waals surface area (Å²) in [5, 5.41) is 3.48. The summed E-state index contributed by atoms with van der Waals surface area (Å²) in [4.78, 5) is 12.0. The molecule has 0 radical (unpaired) electrons. The van der Waals surface area contributed by atoms with E-state index in [0.29, 0.717) is 21.5 Å². The monoisotopic (exact) mass is 313 g/mol. The van der Waals surface area contributed by atoms with Gasteiger partial charge >= 0.3 is 0 Å². The van der Waals surface area contributed by atoms with Crippen molar-refractivity contribution in [2.75, 3.05) is 0 Å². The molecule has 1 rings (SSSR count). The number of carbonyl (C=O) groups is 1. The number of amides is 1. The molecule has 1 aromatic rings. The molecule has 1 N–H and O–H groups in total. The first-order chi connectivity index (χ1) is 8.08. The molecule has 1 aromatic carbocycles. The molecule has 0 heterocycles. The zero-order valence-electron chi connectivity index (χ0n) is 9.47. The molecule has 0 aliphatic carbocycles.